The van der Waals surface area contributed by atoms with Crippen LogP contribution < -0.4 is 15.2 Å². The lowest BCUT2D eigenvalue weighted by Gasteiger charge is -2.35. The van der Waals surface area contributed by atoms with Gasteiger partial charge in [0.15, 0.2) is 0 Å². The zero-order valence-corrected chi connectivity index (χ0v) is 22.7. The standard InChI is InChI=1S/C27H30ClFN4O4S/c1-27(10-11-27)19-37-25-24(18-30-33(26(25)34)23-4-2-3-21(28)17-23)31-12-14-32(15-13-31)38(35,36)16-9-20-5-7-22(29)8-6-20/h2-8,17-18H,9-16,19H2,1H3. The van der Waals surface area contributed by atoms with Crippen LogP contribution >= 0.6 is 11.6 Å². The molecule has 0 spiro atoms. The highest BCUT2D eigenvalue weighted by molar-refractivity contribution is 7.89. The fourth-order valence-corrected chi connectivity index (χ4v) is 6.08. The molecule has 2 fully saturated rings. The van der Waals surface area contributed by atoms with E-state index in [0.29, 0.717) is 42.5 Å². The third-order valence-corrected chi connectivity index (χ3v) is 9.28. The molecule has 0 amide bonds. The van der Waals surface area contributed by atoms with E-state index in [9.17, 15) is 17.6 Å². The number of hydrogen-bond donors (Lipinski definition) is 0. The molecule has 8 nitrogen and oxygen atoms in total. The monoisotopic (exact) mass is 560 g/mol. The molecule has 2 heterocycles. The van der Waals surface area contributed by atoms with Crippen LogP contribution in [0.2, 0.25) is 5.02 Å². The van der Waals surface area contributed by atoms with Gasteiger partial charge in [-0.05, 0) is 55.2 Å². The van der Waals surface area contributed by atoms with E-state index in [1.165, 1.54) is 21.1 Å². The van der Waals surface area contributed by atoms with Gasteiger partial charge in [0, 0.05) is 36.6 Å². The zero-order valence-electron chi connectivity index (χ0n) is 21.1. The first kappa shape index (κ1) is 26.6. The smallest absolute Gasteiger partial charge is 0.316 e. The Balaban J connectivity index is 1.32. The zero-order chi connectivity index (χ0) is 26.9. The molecule has 0 radical (unpaired) electrons. The normalized spacial score (nSPS) is 17.4. The molecule has 202 valence electrons. The Morgan fingerprint density at radius 3 is 2.45 bits per heavy atom. The second kappa shape index (κ2) is 10.7. The van der Waals surface area contributed by atoms with Crippen molar-refractivity contribution in [3.8, 4) is 11.4 Å². The Kier molecular flexibility index (Phi) is 7.48. The fraction of sp³-hybridized carbons (Fsp3) is 0.407. The molecule has 5 rings (SSSR count). The van der Waals surface area contributed by atoms with Gasteiger partial charge in [0.25, 0.3) is 0 Å². The molecule has 1 aliphatic carbocycles. The van der Waals surface area contributed by atoms with Crippen LogP contribution in [0.25, 0.3) is 5.69 Å². The summed E-state index contributed by atoms with van der Waals surface area (Å²) in [5, 5.41) is 4.88. The third kappa shape index (κ3) is 6.03. The number of hydrogen-bond acceptors (Lipinski definition) is 6. The van der Waals surface area contributed by atoms with Crippen LogP contribution in [-0.2, 0) is 16.4 Å². The van der Waals surface area contributed by atoms with Crippen LogP contribution in [-0.4, -0.2) is 61.0 Å². The number of halogens is 2. The van der Waals surface area contributed by atoms with E-state index in [0.717, 1.165) is 18.4 Å². The lowest BCUT2D eigenvalue weighted by atomic mass is 10.2. The molecule has 0 unspecified atom stereocenters. The van der Waals surface area contributed by atoms with Crippen molar-refractivity contribution in [3.05, 3.63) is 81.5 Å². The van der Waals surface area contributed by atoms with E-state index in [1.807, 2.05) is 4.90 Å². The van der Waals surface area contributed by atoms with Gasteiger partial charge in [0.05, 0.1) is 24.2 Å². The molecule has 0 atom stereocenters. The second-order valence-corrected chi connectivity index (χ2v) is 12.8. The molecule has 2 aromatic carbocycles. The Hall–Kier alpha value is -2.95. The first-order chi connectivity index (χ1) is 18.1. The predicted molar refractivity (Wildman–Crippen MR) is 145 cm³/mol. The van der Waals surface area contributed by atoms with Crippen molar-refractivity contribution in [2.24, 2.45) is 5.41 Å². The number of piperazine rings is 1. The highest BCUT2D eigenvalue weighted by atomic mass is 35.5. The Bertz CT molecular complexity index is 1470. The van der Waals surface area contributed by atoms with Crippen molar-refractivity contribution in [2.75, 3.05) is 43.4 Å². The van der Waals surface area contributed by atoms with Crippen molar-refractivity contribution < 1.29 is 17.5 Å². The number of benzene rings is 2. The maximum atomic E-state index is 13.5. The summed E-state index contributed by atoms with van der Waals surface area (Å²) >= 11 is 6.13. The number of anilines is 1. The second-order valence-electron chi connectivity index (χ2n) is 10.2. The Labute approximate surface area is 226 Å². The molecule has 0 bridgehead atoms. The van der Waals surface area contributed by atoms with Gasteiger partial charge in [0.1, 0.15) is 11.5 Å². The fourth-order valence-electron chi connectivity index (χ4n) is 4.42. The average Bonchev–Trinajstić information content (AvgIpc) is 3.64. The van der Waals surface area contributed by atoms with E-state index in [-0.39, 0.29) is 41.4 Å². The van der Waals surface area contributed by atoms with Crippen molar-refractivity contribution in [3.63, 3.8) is 0 Å². The minimum atomic E-state index is -3.50. The lowest BCUT2D eigenvalue weighted by molar-refractivity contribution is 0.242. The summed E-state index contributed by atoms with van der Waals surface area (Å²) in [6.07, 6.45) is 4.01. The van der Waals surface area contributed by atoms with Crippen molar-refractivity contribution >= 4 is 27.3 Å². The summed E-state index contributed by atoms with van der Waals surface area (Å²) in [4.78, 5) is 15.5. The average molecular weight is 561 g/mol. The molecular weight excluding hydrogens is 531 g/mol. The molecule has 0 N–H and O–H groups in total. The molecule has 11 heteroatoms. The van der Waals surface area contributed by atoms with Crippen molar-refractivity contribution in [1.29, 1.82) is 0 Å². The summed E-state index contributed by atoms with van der Waals surface area (Å²) in [5.74, 6) is -0.194. The SMILES string of the molecule is CC1(COc2c(N3CCN(S(=O)(=O)CCc4ccc(F)cc4)CC3)cnn(-c3cccc(Cl)c3)c2=O)CC1. The number of ether oxygens (including phenoxy) is 1. The molecule has 1 saturated carbocycles. The van der Waals surface area contributed by atoms with Gasteiger partial charge in [-0.2, -0.15) is 14.1 Å². The minimum absolute atomic E-state index is 0.0528. The lowest BCUT2D eigenvalue weighted by Crippen LogP contribution is -2.50. The maximum absolute atomic E-state index is 13.5. The van der Waals surface area contributed by atoms with E-state index in [1.54, 1.807) is 42.6 Å². The summed E-state index contributed by atoms with van der Waals surface area (Å²) in [6, 6.07) is 12.8. The van der Waals surface area contributed by atoms with Crippen LogP contribution in [0.4, 0.5) is 10.1 Å². The summed E-state index contributed by atoms with van der Waals surface area (Å²) in [7, 11) is -3.50. The first-order valence-electron chi connectivity index (χ1n) is 12.6. The molecule has 1 aliphatic heterocycles. The number of aryl methyl sites for hydroxylation is 1. The third-order valence-electron chi connectivity index (χ3n) is 7.17. The summed E-state index contributed by atoms with van der Waals surface area (Å²) < 4.78 is 48.0. The van der Waals surface area contributed by atoms with Crippen LogP contribution in [0.1, 0.15) is 25.3 Å². The van der Waals surface area contributed by atoms with Gasteiger partial charge in [-0.1, -0.05) is 36.7 Å². The van der Waals surface area contributed by atoms with E-state index in [4.69, 9.17) is 16.3 Å². The molecule has 2 aliphatic rings. The van der Waals surface area contributed by atoms with Gasteiger partial charge in [-0.3, -0.25) is 4.79 Å². The first-order valence-corrected chi connectivity index (χ1v) is 14.6. The van der Waals surface area contributed by atoms with Crippen LogP contribution in [0.3, 0.4) is 0 Å². The van der Waals surface area contributed by atoms with Crippen molar-refractivity contribution in [1.82, 2.24) is 14.1 Å². The maximum Gasteiger partial charge on any atom is 0.316 e. The van der Waals surface area contributed by atoms with E-state index >= 15 is 0 Å². The van der Waals surface area contributed by atoms with Gasteiger partial charge in [-0.25, -0.2) is 12.8 Å². The molecule has 38 heavy (non-hydrogen) atoms. The number of nitrogens with zero attached hydrogens (tertiary/aromatic N) is 4. The van der Waals surface area contributed by atoms with Gasteiger partial charge < -0.3 is 9.64 Å². The number of sulfonamides is 1. The number of aromatic nitrogens is 2. The molecular formula is C27H30ClFN4O4S. The Morgan fingerprint density at radius 1 is 1.08 bits per heavy atom. The topological polar surface area (TPSA) is 84.7 Å². The van der Waals surface area contributed by atoms with Crippen molar-refractivity contribution in [2.45, 2.75) is 26.2 Å². The highest BCUT2D eigenvalue weighted by Crippen LogP contribution is 2.45. The number of rotatable bonds is 9. The predicted octanol–water partition coefficient (Wildman–Crippen LogP) is 3.90. The van der Waals surface area contributed by atoms with Crippen LogP contribution in [0, 0.1) is 11.2 Å². The van der Waals surface area contributed by atoms with Gasteiger partial charge in [-0.15, -0.1) is 0 Å². The van der Waals surface area contributed by atoms with E-state index < -0.39 is 10.0 Å². The summed E-state index contributed by atoms with van der Waals surface area (Å²) in [5.41, 5.74) is 1.54. The van der Waals surface area contributed by atoms with Gasteiger partial charge >= 0.3 is 5.56 Å². The van der Waals surface area contributed by atoms with E-state index in [2.05, 4.69) is 12.0 Å². The summed E-state index contributed by atoms with van der Waals surface area (Å²) in [6.45, 7) is 3.89. The van der Waals surface area contributed by atoms with Crippen LogP contribution in [0.15, 0.2) is 59.5 Å². The molecule has 1 aromatic heterocycles. The Morgan fingerprint density at radius 2 is 1.79 bits per heavy atom. The van der Waals surface area contributed by atoms with Gasteiger partial charge in [0.2, 0.25) is 15.8 Å². The largest absolute Gasteiger partial charge is 0.486 e. The van der Waals surface area contributed by atoms with Crippen LogP contribution in [0.5, 0.6) is 5.75 Å². The molecule has 3 aromatic rings. The minimum Gasteiger partial charge on any atom is -0.486 e. The highest BCUT2D eigenvalue weighted by Gasteiger charge is 2.39. The quantitative estimate of drug-likeness (QED) is 0.395. The molecule has 1 saturated heterocycles.